The Hall–Kier alpha value is -2.00. The highest BCUT2D eigenvalue weighted by molar-refractivity contribution is 6.30. The van der Waals surface area contributed by atoms with Gasteiger partial charge < -0.3 is 4.74 Å². The van der Waals surface area contributed by atoms with Crippen LogP contribution in [-0.2, 0) is 0 Å². The van der Waals surface area contributed by atoms with Crippen LogP contribution in [0.5, 0.6) is 5.75 Å². The first kappa shape index (κ1) is 15.5. The third-order valence-corrected chi connectivity index (χ3v) is 5.15. The number of halogens is 1. The average Bonchev–Trinajstić information content (AvgIpc) is 3.02. The summed E-state index contributed by atoms with van der Waals surface area (Å²) in [7, 11) is 0. The molecule has 0 saturated heterocycles. The van der Waals surface area contributed by atoms with E-state index < -0.39 is 5.72 Å². The van der Waals surface area contributed by atoms with Crippen molar-refractivity contribution in [2.75, 3.05) is 0 Å². The monoisotopic (exact) mass is 340 g/mol. The van der Waals surface area contributed by atoms with Gasteiger partial charge in [0.25, 0.3) is 0 Å². The number of hydrogen-bond acceptors (Lipinski definition) is 3. The number of ether oxygens (including phenoxy) is 1. The van der Waals surface area contributed by atoms with Gasteiger partial charge in [0.15, 0.2) is 5.72 Å². The van der Waals surface area contributed by atoms with Crippen LogP contribution in [0.4, 0.5) is 0 Å². The van der Waals surface area contributed by atoms with E-state index in [-0.39, 0.29) is 6.04 Å². The van der Waals surface area contributed by atoms with Gasteiger partial charge in [-0.2, -0.15) is 5.10 Å². The predicted octanol–water partition coefficient (Wildman–Crippen LogP) is 5.40. The molecule has 2 aromatic carbocycles. The molecular formula is C20H21ClN2O. The van der Waals surface area contributed by atoms with Gasteiger partial charge in [0.1, 0.15) is 5.75 Å². The number of para-hydroxylation sites is 1. The number of hydrazone groups is 1. The Balaban J connectivity index is 1.76. The Bertz CT molecular complexity index is 786. The highest BCUT2D eigenvalue weighted by atomic mass is 35.5. The van der Waals surface area contributed by atoms with Gasteiger partial charge in [-0.05, 0) is 30.7 Å². The van der Waals surface area contributed by atoms with Crippen molar-refractivity contribution in [3.63, 3.8) is 0 Å². The van der Waals surface area contributed by atoms with Gasteiger partial charge >= 0.3 is 0 Å². The fourth-order valence-corrected chi connectivity index (χ4v) is 3.89. The van der Waals surface area contributed by atoms with Gasteiger partial charge in [-0.25, -0.2) is 5.01 Å². The fraction of sp³-hybridized carbons (Fsp3) is 0.350. The molecule has 0 amide bonds. The third-order valence-electron chi connectivity index (χ3n) is 4.89. The van der Waals surface area contributed by atoms with Crippen LogP contribution >= 0.6 is 11.6 Å². The molecule has 124 valence electrons. The third kappa shape index (κ3) is 2.48. The molecule has 0 aromatic heterocycles. The smallest absolute Gasteiger partial charge is 0.195 e. The average molecular weight is 341 g/mol. The van der Waals surface area contributed by atoms with Crippen LogP contribution in [0.2, 0.25) is 5.02 Å². The quantitative estimate of drug-likeness (QED) is 0.747. The molecule has 0 aliphatic carbocycles. The van der Waals surface area contributed by atoms with E-state index in [9.17, 15) is 0 Å². The summed E-state index contributed by atoms with van der Waals surface area (Å²) in [4.78, 5) is 0. The van der Waals surface area contributed by atoms with Crippen molar-refractivity contribution in [2.24, 2.45) is 5.10 Å². The van der Waals surface area contributed by atoms with Crippen molar-refractivity contribution < 1.29 is 4.74 Å². The van der Waals surface area contributed by atoms with Gasteiger partial charge in [0, 0.05) is 23.4 Å². The molecule has 0 saturated carbocycles. The number of nitrogens with zero attached hydrogens (tertiary/aromatic N) is 2. The van der Waals surface area contributed by atoms with Crippen LogP contribution in [0.3, 0.4) is 0 Å². The number of benzene rings is 2. The van der Waals surface area contributed by atoms with E-state index in [0.717, 1.165) is 41.3 Å². The minimum absolute atomic E-state index is 0.233. The molecule has 0 radical (unpaired) electrons. The molecule has 2 aliphatic heterocycles. The van der Waals surface area contributed by atoms with Crippen LogP contribution in [0.15, 0.2) is 53.6 Å². The Morgan fingerprint density at radius 1 is 1.21 bits per heavy atom. The van der Waals surface area contributed by atoms with Gasteiger partial charge in [0.05, 0.1) is 11.8 Å². The van der Waals surface area contributed by atoms with E-state index in [1.807, 2.05) is 30.3 Å². The Labute approximate surface area is 147 Å². The number of rotatable bonds is 3. The Morgan fingerprint density at radius 3 is 2.71 bits per heavy atom. The summed E-state index contributed by atoms with van der Waals surface area (Å²) in [6.07, 6.45) is 2.88. The summed E-state index contributed by atoms with van der Waals surface area (Å²) in [5.74, 6) is 0.988. The highest BCUT2D eigenvalue weighted by Crippen LogP contribution is 2.47. The molecule has 4 heteroatoms. The van der Waals surface area contributed by atoms with Crippen LogP contribution < -0.4 is 4.74 Å². The molecule has 2 heterocycles. The molecule has 3 nitrogen and oxygen atoms in total. The summed E-state index contributed by atoms with van der Waals surface area (Å²) in [6.45, 7) is 4.33. The maximum absolute atomic E-state index is 6.37. The maximum atomic E-state index is 6.37. The van der Waals surface area contributed by atoms with Crippen molar-refractivity contribution in [2.45, 2.75) is 44.9 Å². The lowest BCUT2D eigenvalue weighted by molar-refractivity contribution is -0.111. The van der Waals surface area contributed by atoms with E-state index in [1.165, 1.54) is 5.56 Å². The SMILES string of the molecule is CCCC1(C)Oc2ccccc2C2CC(c3ccc(Cl)cc3)=NN21. The second-order valence-corrected chi connectivity index (χ2v) is 7.12. The molecule has 0 fully saturated rings. The second kappa shape index (κ2) is 5.82. The first-order chi connectivity index (χ1) is 11.6. The standard InChI is InChI=1S/C20H21ClN2O/c1-3-12-20(2)23-18(16-6-4-5-7-19(16)24-20)13-17(22-23)14-8-10-15(21)11-9-14/h4-11,18H,3,12-13H2,1-2H3. The normalized spacial score (nSPS) is 24.9. The van der Waals surface area contributed by atoms with Gasteiger partial charge in [-0.3, -0.25) is 0 Å². The zero-order chi connectivity index (χ0) is 16.7. The minimum atomic E-state index is -0.401. The summed E-state index contributed by atoms with van der Waals surface area (Å²) in [6, 6.07) is 16.5. The van der Waals surface area contributed by atoms with E-state index in [0.29, 0.717) is 0 Å². The molecule has 0 bridgehead atoms. The summed E-state index contributed by atoms with van der Waals surface area (Å²) >= 11 is 6.02. The summed E-state index contributed by atoms with van der Waals surface area (Å²) in [5, 5.41) is 7.88. The largest absolute Gasteiger partial charge is 0.466 e. The molecule has 2 unspecified atom stereocenters. The van der Waals surface area contributed by atoms with Crippen LogP contribution in [0, 0.1) is 0 Å². The van der Waals surface area contributed by atoms with Crippen LogP contribution in [-0.4, -0.2) is 16.4 Å². The fourth-order valence-electron chi connectivity index (χ4n) is 3.77. The molecule has 2 aliphatic rings. The lowest BCUT2D eigenvalue weighted by Gasteiger charge is -2.45. The van der Waals surface area contributed by atoms with Crippen molar-refractivity contribution in [1.29, 1.82) is 0 Å². The molecule has 0 N–H and O–H groups in total. The second-order valence-electron chi connectivity index (χ2n) is 6.68. The van der Waals surface area contributed by atoms with Gasteiger partial charge in [-0.15, -0.1) is 0 Å². The maximum Gasteiger partial charge on any atom is 0.195 e. The van der Waals surface area contributed by atoms with Crippen molar-refractivity contribution in [3.8, 4) is 5.75 Å². The molecule has 2 atom stereocenters. The van der Waals surface area contributed by atoms with Gasteiger partial charge in [-0.1, -0.05) is 55.3 Å². The number of fused-ring (bicyclic) bond motifs is 3. The molecule has 0 spiro atoms. The zero-order valence-electron chi connectivity index (χ0n) is 14.0. The molecule has 2 aromatic rings. The zero-order valence-corrected chi connectivity index (χ0v) is 14.8. The summed E-state index contributed by atoms with van der Waals surface area (Å²) < 4.78 is 6.37. The first-order valence-electron chi connectivity index (χ1n) is 8.51. The Morgan fingerprint density at radius 2 is 1.96 bits per heavy atom. The van der Waals surface area contributed by atoms with E-state index in [2.05, 4.69) is 37.1 Å². The number of hydrogen-bond donors (Lipinski definition) is 0. The van der Waals surface area contributed by atoms with Gasteiger partial charge in [0.2, 0.25) is 0 Å². The van der Waals surface area contributed by atoms with E-state index in [4.69, 9.17) is 21.4 Å². The molecule has 4 rings (SSSR count). The van der Waals surface area contributed by atoms with Crippen molar-refractivity contribution >= 4 is 17.3 Å². The minimum Gasteiger partial charge on any atom is -0.466 e. The predicted molar refractivity (Wildman–Crippen MR) is 97.6 cm³/mol. The Kier molecular flexibility index (Phi) is 3.76. The van der Waals surface area contributed by atoms with E-state index in [1.54, 1.807) is 0 Å². The first-order valence-corrected chi connectivity index (χ1v) is 8.89. The van der Waals surface area contributed by atoms with Crippen LogP contribution in [0.25, 0.3) is 0 Å². The molecule has 24 heavy (non-hydrogen) atoms. The summed E-state index contributed by atoms with van der Waals surface area (Å²) in [5.41, 5.74) is 3.05. The molecular weight excluding hydrogens is 320 g/mol. The highest BCUT2D eigenvalue weighted by Gasteiger charge is 2.46. The lowest BCUT2D eigenvalue weighted by atomic mass is 9.94. The van der Waals surface area contributed by atoms with E-state index >= 15 is 0 Å². The van der Waals surface area contributed by atoms with Crippen molar-refractivity contribution in [1.82, 2.24) is 5.01 Å². The van der Waals surface area contributed by atoms with Crippen molar-refractivity contribution in [3.05, 3.63) is 64.7 Å². The van der Waals surface area contributed by atoms with Crippen LogP contribution in [0.1, 0.15) is 50.3 Å². The lowest BCUT2D eigenvalue weighted by Crippen LogP contribution is -2.51. The topological polar surface area (TPSA) is 24.8 Å².